The summed E-state index contributed by atoms with van der Waals surface area (Å²) in [5.74, 6) is 3.93. The second-order valence-electron chi connectivity index (χ2n) is 1.86. The molecule has 1 aliphatic heterocycles. The molecule has 0 aromatic carbocycles. The van der Waals surface area contributed by atoms with Crippen LogP contribution in [0.15, 0.2) is 23.6 Å². The maximum atomic E-state index is 5.52. The van der Waals surface area contributed by atoms with Gasteiger partial charge in [0.05, 0.1) is 0 Å². The molecule has 0 fully saturated rings. The third kappa shape index (κ3) is 1.00. The molecule has 1 aliphatic rings. The summed E-state index contributed by atoms with van der Waals surface area (Å²) >= 11 is 0. The van der Waals surface area contributed by atoms with Crippen LogP contribution in [0.1, 0.15) is 6.92 Å². The van der Waals surface area contributed by atoms with Crippen molar-refractivity contribution in [2.75, 3.05) is 0 Å². The molecule has 0 aliphatic carbocycles. The van der Waals surface area contributed by atoms with E-state index in [4.69, 9.17) is 7.49 Å². The van der Waals surface area contributed by atoms with Gasteiger partial charge in [-0.1, -0.05) is 0 Å². The first-order valence-electron chi connectivity index (χ1n) is 2.62. The number of rotatable bonds is 0. The molecule has 0 saturated carbocycles. The zero-order valence-corrected chi connectivity index (χ0v) is 4.89. The molecule has 0 nitrogen and oxygen atoms in total. The van der Waals surface area contributed by atoms with Gasteiger partial charge >= 0.3 is 50.8 Å². The van der Waals surface area contributed by atoms with Crippen molar-refractivity contribution >= 4 is 20.2 Å². The Labute approximate surface area is 51.6 Å². The molecular formula is C6H6B2. The molecule has 0 spiro atoms. The Hall–Kier alpha value is -0.520. The van der Waals surface area contributed by atoms with E-state index in [1.807, 2.05) is 32.2 Å². The summed E-state index contributed by atoms with van der Waals surface area (Å²) in [6.07, 6.45) is 1.90. The fourth-order valence-corrected chi connectivity index (χ4v) is 0.587. The van der Waals surface area contributed by atoms with Crippen LogP contribution < -0.4 is 0 Å². The predicted octanol–water partition coefficient (Wildman–Crippen LogP) is 0.463. The van der Waals surface area contributed by atoms with Gasteiger partial charge in [0.2, 0.25) is 0 Å². The number of hydrogen-bond donors (Lipinski definition) is 0. The Morgan fingerprint density at radius 2 is 2.38 bits per heavy atom. The quantitative estimate of drug-likeness (QED) is 0.388. The minimum absolute atomic E-state index is 0.868. The van der Waals surface area contributed by atoms with E-state index in [1.54, 1.807) is 0 Å². The molecule has 0 unspecified atom stereocenters. The second-order valence-corrected chi connectivity index (χ2v) is 1.86. The van der Waals surface area contributed by atoms with Gasteiger partial charge in [-0.05, 0) is 0 Å². The van der Waals surface area contributed by atoms with Crippen LogP contribution in [-0.4, -0.2) is 20.2 Å². The van der Waals surface area contributed by atoms with Crippen LogP contribution in [0, 0.1) is 0 Å². The van der Waals surface area contributed by atoms with E-state index in [0.29, 0.717) is 0 Å². The minimum atomic E-state index is 0.868. The Morgan fingerprint density at radius 3 is 2.75 bits per heavy atom. The standard InChI is InChI=1S/C6H6B2/c1-5-4-8-3-2-6(5)7/h2-4H,1H3. The summed E-state index contributed by atoms with van der Waals surface area (Å²) in [6, 6.07) is 0. The Morgan fingerprint density at radius 1 is 1.62 bits per heavy atom. The van der Waals surface area contributed by atoms with Crippen LogP contribution in [0.3, 0.4) is 0 Å². The van der Waals surface area contributed by atoms with Crippen molar-refractivity contribution in [2.24, 2.45) is 0 Å². The van der Waals surface area contributed by atoms with E-state index in [-0.39, 0.29) is 0 Å². The summed E-state index contributed by atoms with van der Waals surface area (Å²) in [4.78, 5) is 0. The molecule has 1 rings (SSSR count). The van der Waals surface area contributed by atoms with Gasteiger partial charge in [0.15, 0.2) is 0 Å². The SMILES string of the molecule is [B]=C1C=C[B]C=C1C. The van der Waals surface area contributed by atoms with Crippen molar-refractivity contribution in [3.63, 3.8) is 0 Å². The molecular weight excluding hydrogens is 93.7 g/mol. The summed E-state index contributed by atoms with van der Waals surface area (Å²) in [6.45, 7) is 2.00. The van der Waals surface area contributed by atoms with Gasteiger partial charge in [-0.3, -0.25) is 0 Å². The predicted molar refractivity (Wildman–Crippen MR) is 39.4 cm³/mol. The van der Waals surface area contributed by atoms with Gasteiger partial charge in [0, 0.05) is 0 Å². The van der Waals surface area contributed by atoms with Crippen molar-refractivity contribution in [1.29, 1.82) is 0 Å². The summed E-state index contributed by atoms with van der Waals surface area (Å²) in [5, 5.41) is 0. The van der Waals surface area contributed by atoms with Gasteiger partial charge in [-0.2, -0.15) is 0 Å². The van der Waals surface area contributed by atoms with Crippen molar-refractivity contribution in [3.8, 4) is 0 Å². The molecule has 0 N–H and O–H groups in total. The third-order valence-electron chi connectivity index (χ3n) is 1.19. The molecule has 0 aromatic rings. The zero-order chi connectivity index (χ0) is 5.98. The number of allylic oxidation sites excluding steroid dienone is 2. The van der Waals surface area contributed by atoms with E-state index in [0.717, 1.165) is 11.0 Å². The molecule has 1 heterocycles. The van der Waals surface area contributed by atoms with Crippen LogP contribution in [0.5, 0.6) is 0 Å². The van der Waals surface area contributed by atoms with Gasteiger partial charge in [0.25, 0.3) is 0 Å². The van der Waals surface area contributed by atoms with Gasteiger partial charge in [-0.25, -0.2) is 0 Å². The normalized spacial score (nSPS) is 17.5. The van der Waals surface area contributed by atoms with Gasteiger partial charge in [-0.15, -0.1) is 0 Å². The monoisotopic (exact) mass is 100 g/mol. The Bertz CT molecular complexity index is 165. The molecule has 0 atom stereocenters. The fourth-order valence-electron chi connectivity index (χ4n) is 0.587. The maximum absolute atomic E-state index is 5.52. The Balaban J connectivity index is 2.78. The van der Waals surface area contributed by atoms with Gasteiger partial charge < -0.3 is 0 Å². The molecule has 2 radical (unpaired) electrons. The van der Waals surface area contributed by atoms with Crippen LogP contribution in [0.25, 0.3) is 0 Å². The van der Waals surface area contributed by atoms with E-state index in [9.17, 15) is 0 Å². The first-order chi connectivity index (χ1) is 3.80. The molecule has 0 amide bonds. The summed E-state index contributed by atoms with van der Waals surface area (Å²) in [7, 11) is 7.50. The van der Waals surface area contributed by atoms with Crippen LogP contribution in [0.4, 0.5) is 0 Å². The second kappa shape index (κ2) is 2.17. The zero-order valence-electron chi connectivity index (χ0n) is 4.89. The topological polar surface area (TPSA) is 0 Å². The van der Waals surface area contributed by atoms with Crippen LogP contribution in [-0.2, 0) is 0 Å². The molecule has 8 heavy (non-hydrogen) atoms. The van der Waals surface area contributed by atoms with Crippen molar-refractivity contribution in [1.82, 2.24) is 0 Å². The van der Waals surface area contributed by atoms with Crippen molar-refractivity contribution < 1.29 is 0 Å². The Kier molecular flexibility index (Phi) is 1.52. The van der Waals surface area contributed by atoms with Gasteiger partial charge in [0.1, 0.15) is 0 Å². The molecule has 0 saturated heterocycles. The average Bonchev–Trinajstić information content (AvgIpc) is 1.77. The molecule has 0 aromatic heterocycles. The van der Waals surface area contributed by atoms with Crippen LogP contribution >= 0.6 is 0 Å². The fraction of sp³-hybridized carbons (Fsp3) is 0.167. The molecule has 36 valence electrons. The average molecular weight is 99.7 g/mol. The van der Waals surface area contributed by atoms with Crippen molar-refractivity contribution in [2.45, 2.75) is 6.92 Å². The summed E-state index contributed by atoms with van der Waals surface area (Å²) < 4.78 is 0. The molecule has 2 heteroatoms. The third-order valence-corrected chi connectivity index (χ3v) is 1.19. The van der Waals surface area contributed by atoms with E-state index >= 15 is 0 Å². The number of hydrogen-bond acceptors (Lipinski definition) is 0. The molecule has 0 bridgehead atoms. The van der Waals surface area contributed by atoms with E-state index < -0.39 is 0 Å². The van der Waals surface area contributed by atoms with Crippen molar-refractivity contribution in [3.05, 3.63) is 23.6 Å². The first kappa shape index (κ1) is 5.61. The van der Waals surface area contributed by atoms with E-state index in [1.165, 1.54) is 0 Å². The first-order valence-corrected chi connectivity index (χ1v) is 2.62. The summed E-state index contributed by atoms with van der Waals surface area (Å²) in [5.41, 5.74) is 2.01. The van der Waals surface area contributed by atoms with E-state index in [2.05, 4.69) is 0 Å². The van der Waals surface area contributed by atoms with Crippen LogP contribution in [0.2, 0.25) is 0 Å².